The van der Waals surface area contributed by atoms with Gasteiger partial charge in [0.1, 0.15) is 5.60 Å². The number of hydrogen-bond donors (Lipinski definition) is 2. The molecule has 1 amide bonds. The molecule has 9 heterocycles. The van der Waals surface area contributed by atoms with E-state index in [9.17, 15) is 32.1 Å². The van der Waals surface area contributed by atoms with E-state index >= 15 is 0 Å². The second-order valence-corrected chi connectivity index (χ2v) is 20.3. The number of nitrogens with zero attached hydrogens (tertiary/aromatic N) is 18. The minimum absolute atomic E-state index is 0. The average molecular weight is 1380 g/mol. The summed E-state index contributed by atoms with van der Waals surface area (Å²) >= 11 is 3.33. The van der Waals surface area contributed by atoms with E-state index in [0.717, 1.165) is 112 Å². The Bertz CT molecular complexity index is 2890. The second-order valence-electron chi connectivity index (χ2n) is 19.4. The quantitative estimate of drug-likeness (QED) is 0.0674. The van der Waals surface area contributed by atoms with Gasteiger partial charge in [-0.2, -0.15) is 0 Å². The van der Waals surface area contributed by atoms with Crippen LogP contribution >= 0.6 is 28.3 Å². The summed E-state index contributed by atoms with van der Waals surface area (Å²) in [5.41, 5.74) is 8.28. The van der Waals surface area contributed by atoms with Crippen molar-refractivity contribution < 1.29 is 102 Å². The van der Waals surface area contributed by atoms with Crippen LogP contribution in [0.1, 0.15) is 106 Å². The van der Waals surface area contributed by atoms with Crippen molar-refractivity contribution in [3.63, 3.8) is 0 Å². The molecule has 9 rings (SSSR count). The van der Waals surface area contributed by atoms with E-state index in [1.165, 1.54) is 37.2 Å². The van der Waals surface area contributed by atoms with Gasteiger partial charge in [-0.1, -0.05) is 21.8 Å². The fourth-order valence-electron chi connectivity index (χ4n) is 7.83. The Morgan fingerprint density at radius 3 is 0.901 bits per heavy atom. The third-order valence-electron chi connectivity index (χ3n) is 12.2. The molecule has 492 valence electrons. The van der Waals surface area contributed by atoms with Crippen molar-refractivity contribution in [2.24, 2.45) is 5.73 Å². The van der Waals surface area contributed by atoms with Gasteiger partial charge in [0, 0.05) is 165 Å². The summed E-state index contributed by atoms with van der Waals surface area (Å²) in [4.78, 5) is 110. The van der Waals surface area contributed by atoms with Crippen LogP contribution < -0.4 is 91.8 Å². The van der Waals surface area contributed by atoms with Gasteiger partial charge >= 0.3 is 82.9 Å². The summed E-state index contributed by atoms with van der Waals surface area (Å²) in [5, 5.41) is 2.11. The van der Waals surface area contributed by atoms with Crippen LogP contribution in [-0.4, -0.2) is 195 Å². The standard InChI is InChI=1S/C17H22N6O2.C16H21N7O2.C15H17BrN6O2.C6H12NO2.2CH4.BF3.ClH.K/c1-3-13-9-18-16(19-10-13)22-5-7-23(8-6-22)17-20-11-14(12-21-17)15(24)25-4-2;1-2-25-14(24)13-10-20-16(21-11-13)23-5-3-22(4-6-23)15-18-8-12(7-17)9-19-15;1-2-24-13(23)11-7-17-14(18-8-11)21-3-5-22(6-4-21)15-19-9-12(16)10-20-15;1-6(2,3)9-5(8)7-4;;;2-1(3)4;;/h9-12H,3-8H2,1-2H3;8-11H,2-7,17H2,1H3;7-10H,2-6H2,1H3;4H2,1-3H3,(H,7,8);2*1H4;;1H;/q;;;-1;;;;;+1. The van der Waals surface area contributed by atoms with Gasteiger partial charge in [0.25, 0.3) is 0 Å². The van der Waals surface area contributed by atoms with Crippen LogP contribution in [-0.2, 0) is 31.9 Å². The molecule has 35 heteroatoms. The molecule has 6 aromatic heterocycles. The van der Waals surface area contributed by atoms with Gasteiger partial charge in [0.2, 0.25) is 35.7 Å². The van der Waals surface area contributed by atoms with E-state index < -0.39 is 37.1 Å². The first kappa shape index (κ1) is 82.2. The first-order chi connectivity index (χ1) is 41.8. The Morgan fingerprint density at radius 1 is 0.495 bits per heavy atom. The summed E-state index contributed by atoms with van der Waals surface area (Å²) in [6.45, 7) is 23.5. The number of hydrogen-bond acceptors (Lipinski definition) is 27. The molecule has 3 aliphatic heterocycles. The normalized spacial score (nSPS) is 13.2. The molecule has 0 bridgehead atoms. The van der Waals surface area contributed by atoms with E-state index in [4.69, 9.17) is 24.7 Å². The van der Waals surface area contributed by atoms with Crippen molar-refractivity contribution in [1.82, 2.24) is 65.1 Å². The van der Waals surface area contributed by atoms with Crippen LogP contribution in [0, 0.1) is 7.05 Å². The molecule has 3 saturated heterocycles. The van der Waals surface area contributed by atoms with Crippen LogP contribution in [0.3, 0.4) is 0 Å². The van der Waals surface area contributed by atoms with Crippen molar-refractivity contribution in [2.45, 2.75) is 81.9 Å². The number of carbonyl (C=O) groups is 4. The summed E-state index contributed by atoms with van der Waals surface area (Å²) in [5.74, 6) is 2.81. The van der Waals surface area contributed by atoms with Gasteiger partial charge in [-0.05, 0) is 69.5 Å². The molecule has 28 nitrogen and oxygen atoms in total. The average Bonchev–Trinajstić information content (AvgIpc) is 1.28. The Labute approximate surface area is 587 Å². The van der Waals surface area contributed by atoms with Crippen molar-refractivity contribution in [1.29, 1.82) is 0 Å². The van der Waals surface area contributed by atoms with Crippen molar-refractivity contribution in [3.8, 4) is 0 Å². The number of anilines is 6. The molecular formula is C56H81BBrClF3KN20O8. The number of rotatable bonds is 14. The molecule has 3 fully saturated rings. The largest absolute Gasteiger partial charge is 1.00 e. The minimum Gasteiger partial charge on any atom is -0.473 e. The van der Waals surface area contributed by atoms with Gasteiger partial charge in [-0.15, -0.1) is 12.4 Å². The molecule has 0 unspecified atom stereocenters. The number of alkyl carbamates (subject to hydrolysis) is 1. The predicted molar refractivity (Wildman–Crippen MR) is 343 cm³/mol. The topological polar surface area (TPSA) is 317 Å². The first-order valence-corrected chi connectivity index (χ1v) is 28.5. The first-order valence-electron chi connectivity index (χ1n) is 27.7. The zero-order valence-electron chi connectivity index (χ0n) is 51.0. The Kier molecular flexibility index (Phi) is 38.9. The van der Waals surface area contributed by atoms with Crippen molar-refractivity contribution in [3.05, 3.63) is 114 Å². The van der Waals surface area contributed by atoms with Crippen LogP contribution in [0.5, 0.6) is 0 Å². The van der Waals surface area contributed by atoms with E-state index in [2.05, 4.69) is 124 Å². The molecule has 91 heavy (non-hydrogen) atoms. The summed E-state index contributed by atoms with van der Waals surface area (Å²) in [6, 6.07) is 0. The van der Waals surface area contributed by atoms with Crippen LogP contribution in [0.15, 0.2) is 78.8 Å². The molecule has 0 radical (unpaired) electrons. The minimum atomic E-state index is -3.67. The number of amides is 1. The fourth-order valence-corrected chi connectivity index (χ4v) is 8.03. The second kappa shape index (κ2) is 43.1. The van der Waals surface area contributed by atoms with Crippen molar-refractivity contribution in [2.75, 3.05) is 128 Å². The van der Waals surface area contributed by atoms with Crippen molar-refractivity contribution >= 4 is 95.6 Å². The number of aryl methyl sites for hydroxylation is 1. The van der Waals surface area contributed by atoms with Gasteiger partial charge in [-0.25, -0.2) is 79.0 Å². The number of aromatic nitrogens is 12. The molecule has 0 atom stereocenters. The molecule has 0 aliphatic carbocycles. The van der Waals surface area contributed by atoms with E-state index in [-0.39, 0.29) is 78.6 Å². The molecule has 0 spiro atoms. The number of halogens is 5. The smallest absolute Gasteiger partial charge is 0.473 e. The van der Waals surface area contributed by atoms with Crippen LogP contribution in [0.2, 0.25) is 0 Å². The zero-order chi connectivity index (χ0) is 63.3. The Hall–Kier alpha value is -6.82. The van der Waals surface area contributed by atoms with Crippen LogP contribution in [0.4, 0.5) is 53.4 Å². The predicted octanol–water partition coefficient (Wildman–Crippen LogP) is 3.97. The molecular weight excluding hydrogens is 1300 g/mol. The maximum Gasteiger partial charge on any atom is 1.00 e. The van der Waals surface area contributed by atoms with E-state index in [0.29, 0.717) is 66.8 Å². The summed E-state index contributed by atoms with van der Waals surface area (Å²) in [7, 11) is -0.521. The monoisotopic (exact) mass is 1380 g/mol. The SMILES string of the molecule is C.C.CCOC(=O)c1cnc(N2CCN(c3ncc(Br)cn3)CC2)nc1.CCOC(=O)c1cnc(N2CCN(c3ncc(CC)cn3)CC2)nc1.CCOC(=O)c1cnc(N2CCN(c3ncc(CN)cn3)CC2)nc1.Cl.FB(F)F.[CH2-]NC(=O)OC(C)(C)C.[K+]. The van der Waals surface area contributed by atoms with Gasteiger partial charge in [0.05, 0.1) is 41.0 Å². The molecule has 0 saturated carbocycles. The summed E-state index contributed by atoms with van der Waals surface area (Å²) < 4.78 is 49.4. The van der Waals surface area contributed by atoms with E-state index in [1.54, 1.807) is 66.3 Å². The van der Waals surface area contributed by atoms with Gasteiger partial charge < -0.3 is 59.4 Å². The van der Waals surface area contributed by atoms with Crippen LogP contribution in [0.25, 0.3) is 0 Å². The molecule has 3 N–H and O–H groups in total. The maximum atomic E-state index is 11.6. The molecule has 3 aliphatic rings. The maximum absolute atomic E-state index is 11.6. The van der Waals surface area contributed by atoms with Gasteiger partial charge in [-0.3, -0.25) is 20.0 Å². The number of esters is 3. The number of carbonyl (C=O) groups excluding carboxylic acids is 4. The number of piperazine rings is 3. The number of nitrogens with two attached hydrogens (primary N) is 1. The molecule has 6 aromatic rings. The number of ether oxygens (including phenoxy) is 4. The summed E-state index contributed by atoms with van der Waals surface area (Å²) in [6.07, 6.45) is 20.2. The van der Waals surface area contributed by atoms with E-state index in [1.807, 2.05) is 12.4 Å². The Balaban J connectivity index is 0.000000609. The Morgan fingerprint density at radius 2 is 0.714 bits per heavy atom. The fraction of sp³-hybridized carbons (Fsp3) is 0.482. The third kappa shape index (κ3) is 28.3. The molecule has 0 aromatic carbocycles. The zero-order valence-corrected chi connectivity index (χ0v) is 56.6. The van der Waals surface area contributed by atoms with Gasteiger partial charge in [0.15, 0.2) is 0 Å². The number of nitrogens with one attached hydrogen (secondary N) is 1. The third-order valence-corrected chi connectivity index (χ3v) is 12.6.